The molecule has 7 heteroatoms. The maximum Gasteiger partial charge on any atom is 0.333 e. The fraction of sp³-hybridized carbons (Fsp3) is 0.800. The van der Waals surface area contributed by atoms with Gasteiger partial charge < -0.3 is 14.7 Å². The first-order valence-electron chi connectivity index (χ1n) is 7.78. The summed E-state index contributed by atoms with van der Waals surface area (Å²) in [5.74, 6) is -1.44. The number of ether oxygens (including phenoxy) is 1. The molecule has 0 aromatic rings. The van der Waals surface area contributed by atoms with E-state index < -0.39 is 23.9 Å². The number of imide groups is 1. The van der Waals surface area contributed by atoms with Crippen molar-refractivity contribution in [2.45, 2.75) is 63.9 Å². The third-order valence-electron chi connectivity index (χ3n) is 3.48. The van der Waals surface area contributed by atoms with Crippen LogP contribution >= 0.6 is 0 Å². The highest BCUT2D eigenvalue weighted by molar-refractivity contribution is 6.01. The Bertz CT molecular complexity index is 368. The van der Waals surface area contributed by atoms with Gasteiger partial charge in [0.15, 0.2) is 0 Å². The fourth-order valence-corrected chi connectivity index (χ4v) is 2.26. The van der Waals surface area contributed by atoms with Crippen LogP contribution in [0.1, 0.15) is 57.8 Å². The molecule has 0 aliphatic carbocycles. The van der Waals surface area contributed by atoms with Gasteiger partial charge in [0, 0.05) is 26.4 Å². The van der Waals surface area contributed by atoms with E-state index in [2.05, 4.69) is 0 Å². The molecule has 0 spiro atoms. The van der Waals surface area contributed by atoms with Crippen molar-refractivity contribution in [1.82, 2.24) is 5.06 Å². The van der Waals surface area contributed by atoms with Gasteiger partial charge in [-0.3, -0.25) is 9.59 Å². The van der Waals surface area contributed by atoms with E-state index >= 15 is 0 Å². The van der Waals surface area contributed by atoms with Gasteiger partial charge in [0.05, 0.1) is 12.7 Å². The van der Waals surface area contributed by atoms with E-state index in [-0.39, 0.29) is 19.3 Å². The van der Waals surface area contributed by atoms with Gasteiger partial charge >= 0.3 is 5.97 Å². The van der Waals surface area contributed by atoms with E-state index in [9.17, 15) is 19.5 Å². The SMILES string of the molecule is COCC(O)CCCCCCCC(=O)ON1C(=O)CCC1=O. The average Bonchev–Trinajstić information content (AvgIpc) is 2.78. The Morgan fingerprint density at radius 1 is 1.14 bits per heavy atom. The lowest BCUT2D eigenvalue weighted by molar-refractivity contribution is -0.197. The summed E-state index contributed by atoms with van der Waals surface area (Å²) in [4.78, 5) is 38.8. The summed E-state index contributed by atoms with van der Waals surface area (Å²) >= 11 is 0. The van der Waals surface area contributed by atoms with Crippen LogP contribution in [0.4, 0.5) is 0 Å². The second-order valence-electron chi connectivity index (χ2n) is 5.46. The number of carbonyl (C=O) groups excluding carboxylic acids is 3. The van der Waals surface area contributed by atoms with E-state index in [1.54, 1.807) is 7.11 Å². The predicted molar refractivity (Wildman–Crippen MR) is 77.4 cm³/mol. The molecule has 1 unspecified atom stereocenters. The summed E-state index contributed by atoms with van der Waals surface area (Å²) in [5, 5.41) is 10.0. The van der Waals surface area contributed by atoms with Crippen molar-refractivity contribution in [3.05, 3.63) is 0 Å². The first kappa shape index (κ1) is 18.6. The van der Waals surface area contributed by atoms with Crippen LogP contribution in [0, 0.1) is 0 Å². The Morgan fingerprint density at radius 2 is 1.73 bits per heavy atom. The molecular formula is C15H25NO6. The van der Waals surface area contributed by atoms with Gasteiger partial charge in [0.1, 0.15) is 0 Å². The molecule has 7 nitrogen and oxygen atoms in total. The van der Waals surface area contributed by atoms with Crippen LogP contribution < -0.4 is 0 Å². The van der Waals surface area contributed by atoms with Crippen molar-refractivity contribution in [3.8, 4) is 0 Å². The van der Waals surface area contributed by atoms with Gasteiger partial charge in [-0.2, -0.15) is 0 Å². The molecule has 1 saturated heterocycles. The zero-order valence-corrected chi connectivity index (χ0v) is 13.1. The molecule has 0 radical (unpaired) electrons. The highest BCUT2D eigenvalue weighted by Gasteiger charge is 2.32. The molecule has 0 saturated carbocycles. The number of aliphatic hydroxyl groups is 1. The molecule has 1 heterocycles. The molecule has 22 heavy (non-hydrogen) atoms. The Kier molecular flexibility index (Phi) is 8.69. The molecule has 0 aromatic heterocycles. The predicted octanol–water partition coefficient (Wildman–Crippen LogP) is 1.33. The van der Waals surface area contributed by atoms with Crippen LogP contribution in [-0.2, 0) is 24.0 Å². The van der Waals surface area contributed by atoms with Crippen LogP contribution in [0.15, 0.2) is 0 Å². The topological polar surface area (TPSA) is 93.1 Å². The minimum absolute atomic E-state index is 0.112. The van der Waals surface area contributed by atoms with Gasteiger partial charge in [-0.15, -0.1) is 5.06 Å². The van der Waals surface area contributed by atoms with Crippen molar-refractivity contribution in [2.75, 3.05) is 13.7 Å². The van der Waals surface area contributed by atoms with Crippen molar-refractivity contribution < 1.29 is 29.1 Å². The molecule has 0 bridgehead atoms. The Labute approximate surface area is 130 Å². The molecule has 2 amide bonds. The second-order valence-corrected chi connectivity index (χ2v) is 5.46. The smallest absolute Gasteiger partial charge is 0.333 e. The number of aliphatic hydroxyl groups excluding tert-OH is 1. The van der Waals surface area contributed by atoms with E-state index in [1.807, 2.05) is 0 Å². The largest absolute Gasteiger partial charge is 0.391 e. The van der Waals surface area contributed by atoms with Crippen molar-refractivity contribution in [2.24, 2.45) is 0 Å². The van der Waals surface area contributed by atoms with E-state index in [0.29, 0.717) is 18.1 Å². The first-order valence-corrected chi connectivity index (χ1v) is 7.78. The third-order valence-corrected chi connectivity index (χ3v) is 3.48. The lowest BCUT2D eigenvalue weighted by Crippen LogP contribution is -2.31. The molecule has 1 aliphatic heterocycles. The van der Waals surface area contributed by atoms with Crippen LogP contribution in [0.25, 0.3) is 0 Å². The summed E-state index contributed by atoms with van der Waals surface area (Å²) in [5.41, 5.74) is 0. The zero-order chi connectivity index (χ0) is 16.4. The van der Waals surface area contributed by atoms with Gasteiger partial charge in [0.2, 0.25) is 0 Å². The quantitative estimate of drug-likeness (QED) is 0.457. The number of rotatable bonds is 11. The van der Waals surface area contributed by atoms with E-state index in [0.717, 1.165) is 32.1 Å². The van der Waals surface area contributed by atoms with Gasteiger partial charge in [-0.25, -0.2) is 4.79 Å². The monoisotopic (exact) mass is 315 g/mol. The highest BCUT2D eigenvalue weighted by Crippen LogP contribution is 2.14. The number of hydrogen-bond acceptors (Lipinski definition) is 6. The lowest BCUT2D eigenvalue weighted by atomic mass is 10.1. The normalized spacial score (nSPS) is 16.2. The van der Waals surface area contributed by atoms with Crippen LogP contribution in [0.3, 0.4) is 0 Å². The van der Waals surface area contributed by atoms with E-state index in [1.165, 1.54) is 0 Å². The molecule has 126 valence electrons. The number of carbonyl (C=O) groups is 3. The molecule has 0 aromatic carbocycles. The molecule has 1 atom stereocenters. The summed E-state index contributed by atoms with van der Waals surface area (Å²) in [6, 6.07) is 0. The molecule has 1 aliphatic rings. The maximum absolute atomic E-state index is 11.5. The molecule has 1 rings (SSSR count). The Hall–Kier alpha value is -1.47. The van der Waals surface area contributed by atoms with Crippen LogP contribution in [-0.4, -0.2) is 47.8 Å². The summed E-state index contributed by atoms with van der Waals surface area (Å²) in [6.45, 7) is 0.361. The average molecular weight is 315 g/mol. The van der Waals surface area contributed by atoms with Gasteiger partial charge in [-0.05, 0) is 12.8 Å². The van der Waals surface area contributed by atoms with Crippen molar-refractivity contribution >= 4 is 17.8 Å². The second kappa shape index (κ2) is 10.3. The lowest BCUT2D eigenvalue weighted by Gasteiger charge is -2.12. The highest BCUT2D eigenvalue weighted by atomic mass is 16.7. The summed E-state index contributed by atoms with van der Waals surface area (Å²) in [6.07, 6.45) is 5.14. The fourth-order valence-electron chi connectivity index (χ4n) is 2.26. The van der Waals surface area contributed by atoms with Gasteiger partial charge in [-0.1, -0.05) is 25.7 Å². The third kappa shape index (κ3) is 7.00. The minimum atomic E-state index is -0.542. The summed E-state index contributed by atoms with van der Waals surface area (Å²) in [7, 11) is 1.56. The summed E-state index contributed by atoms with van der Waals surface area (Å²) < 4.78 is 4.84. The Morgan fingerprint density at radius 3 is 2.36 bits per heavy atom. The molecule has 1 N–H and O–H groups in total. The van der Waals surface area contributed by atoms with Crippen LogP contribution in [0.2, 0.25) is 0 Å². The molecule has 1 fully saturated rings. The zero-order valence-electron chi connectivity index (χ0n) is 13.1. The van der Waals surface area contributed by atoms with Crippen LogP contribution in [0.5, 0.6) is 0 Å². The molecular weight excluding hydrogens is 290 g/mol. The number of hydroxylamine groups is 2. The Balaban J connectivity index is 1.99. The van der Waals surface area contributed by atoms with Crippen molar-refractivity contribution in [1.29, 1.82) is 0 Å². The number of methoxy groups -OCH3 is 1. The standard InChI is InChI=1S/C15H25NO6/c1-21-11-12(17)7-5-3-2-4-6-8-15(20)22-16-13(18)9-10-14(16)19/h12,17H,2-11H2,1H3. The number of amides is 2. The number of nitrogens with zero attached hydrogens (tertiary/aromatic N) is 1. The number of unbranched alkanes of at least 4 members (excludes halogenated alkanes) is 4. The first-order chi connectivity index (χ1) is 10.5. The van der Waals surface area contributed by atoms with E-state index in [4.69, 9.17) is 9.57 Å². The van der Waals surface area contributed by atoms with Crippen molar-refractivity contribution in [3.63, 3.8) is 0 Å². The minimum Gasteiger partial charge on any atom is -0.391 e. The van der Waals surface area contributed by atoms with Gasteiger partial charge in [0.25, 0.3) is 11.8 Å². The number of hydrogen-bond donors (Lipinski definition) is 1. The maximum atomic E-state index is 11.5.